The lowest BCUT2D eigenvalue weighted by atomic mass is 9.68. The van der Waals surface area contributed by atoms with Crippen molar-refractivity contribution >= 4 is 5.97 Å². The summed E-state index contributed by atoms with van der Waals surface area (Å²) in [5, 5.41) is 9.34. The van der Waals surface area contributed by atoms with Crippen LogP contribution in [-0.2, 0) is 10.2 Å². The predicted molar refractivity (Wildman–Crippen MR) is 65.0 cm³/mol. The van der Waals surface area contributed by atoms with E-state index in [1.165, 1.54) is 0 Å². The summed E-state index contributed by atoms with van der Waals surface area (Å²) in [6, 6.07) is 3.75. The van der Waals surface area contributed by atoms with Crippen LogP contribution in [0.5, 0.6) is 0 Å². The van der Waals surface area contributed by atoms with E-state index in [1.807, 2.05) is 12.1 Å². The number of carboxylic acids is 1. The smallest absolute Gasteiger partial charge is 0.317 e. The Morgan fingerprint density at radius 1 is 1.39 bits per heavy atom. The van der Waals surface area contributed by atoms with Crippen molar-refractivity contribution in [3.8, 4) is 11.3 Å². The molecule has 2 aromatic rings. The second-order valence-electron chi connectivity index (χ2n) is 4.63. The fraction of sp³-hybridized carbons (Fsp3) is 0.308. The highest BCUT2D eigenvalue weighted by Gasteiger charge is 2.48. The van der Waals surface area contributed by atoms with Crippen molar-refractivity contribution in [2.45, 2.75) is 24.7 Å². The number of hydrogen-bond donors (Lipinski definition) is 2. The SMILES string of the molecule is O=C(O)C1(c2ncc(-c3cccnc3)[nH]2)CCC1. The molecule has 5 nitrogen and oxygen atoms in total. The highest BCUT2D eigenvalue weighted by Crippen LogP contribution is 2.42. The number of nitrogens with zero attached hydrogens (tertiary/aromatic N) is 2. The Morgan fingerprint density at radius 3 is 2.78 bits per heavy atom. The van der Waals surface area contributed by atoms with Gasteiger partial charge in [-0.25, -0.2) is 4.98 Å². The minimum atomic E-state index is -0.805. The van der Waals surface area contributed by atoms with Crippen LogP contribution in [0.4, 0.5) is 0 Å². The first-order valence-electron chi connectivity index (χ1n) is 5.92. The zero-order valence-corrected chi connectivity index (χ0v) is 9.76. The zero-order valence-electron chi connectivity index (χ0n) is 9.76. The number of aliphatic carboxylic acids is 1. The largest absolute Gasteiger partial charge is 0.480 e. The molecule has 0 atom stereocenters. The number of hydrogen-bond acceptors (Lipinski definition) is 3. The van der Waals surface area contributed by atoms with Gasteiger partial charge >= 0.3 is 5.97 Å². The van der Waals surface area contributed by atoms with Crippen LogP contribution in [0.3, 0.4) is 0 Å². The van der Waals surface area contributed by atoms with Crippen molar-refractivity contribution in [1.82, 2.24) is 15.0 Å². The third-order valence-corrected chi connectivity index (χ3v) is 3.62. The van der Waals surface area contributed by atoms with Gasteiger partial charge in [-0.05, 0) is 25.0 Å². The number of aromatic amines is 1. The lowest BCUT2D eigenvalue weighted by molar-refractivity contribution is -0.147. The van der Waals surface area contributed by atoms with Crippen LogP contribution in [-0.4, -0.2) is 26.0 Å². The van der Waals surface area contributed by atoms with Crippen LogP contribution in [0.2, 0.25) is 0 Å². The molecule has 0 spiro atoms. The molecular weight excluding hydrogens is 230 g/mol. The molecule has 0 saturated heterocycles. The molecule has 0 bridgehead atoms. The third kappa shape index (κ3) is 1.51. The molecule has 1 aliphatic carbocycles. The first-order chi connectivity index (χ1) is 8.72. The van der Waals surface area contributed by atoms with Crippen molar-refractivity contribution < 1.29 is 9.90 Å². The van der Waals surface area contributed by atoms with E-state index in [1.54, 1.807) is 18.6 Å². The molecule has 0 radical (unpaired) electrons. The number of carbonyl (C=O) groups is 1. The van der Waals surface area contributed by atoms with Gasteiger partial charge in [0.15, 0.2) is 0 Å². The maximum atomic E-state index is 11.4. The number of nitrogens with one attached hydrogen (secondary N) is 1. The van der Waals surface area contributed by atoms with Gasteiger partial charge in [0.2, 0.25) is 0 Å². The van der Waals surface area contributed by atoms with Gasteiger partial charge in [0, 0.05) is 18.0 Å². The van der Waals surface area contributed by atoms with E-state index < -0.39 is 11.4 Å². The fourth-order valence-electron chi connectivity index (χ4n) is 2.32. The summed E-state index contributed by atoms with van der Waals surface area (Å²) in [6.45, 7) is 0. The average Bonchev–Trinajstić information content (AvgIpc) is 2.78. The molecule has 5 heteroatoms. The fourth-order valence-corrected chi connectivity index (χ4v) is 2.32. The molecule has 3 rings (SSSR count). The second kappa shape index (κ2) is 3.94. The molecule has 1 saturated carbocycles. The first kappa shape index (κ1) is 11.0. The van der Waals surface area contributed by atoms with Crippen LogP contribution in [0.15, 0.2) is 30.7 Å². The minimum Gasteiger partial charge on any atom is -0.480 e. The van der Waals surface area contributed by atoms with Crippen LogP contribution in [0.25, 0.3) is 11.3 Å². The predicted octanol–water partition coefficient (Wildman–Crippen LogP) is 1.98. The van der Waals surface area contributed by atoms with Gasteiger partial charge in [0.1, 0.15) is 11.2 Å². The van der Waals surface area contributed by atoms with E-state index in [0.29, 0.717) is 18.7 Å². The molecule has 18 heavy (non-hydrogen) atoms. The highest BCUT2D eigenvalue weighted by molar-refractivity contribution is 5.81. The normalized spacial score (nSPS) is 17.1. The molecule has 2 aromatic heterocycles. The van der Waals surface area contributed by atoms with Gasteiger partial charge in [-0.2, -0.15) is 0 Å². The Hall–Kier alpha value is -2.17. The van der Waals surface area contributed by atoms with Gasteiger partial charge < -0.3 is 10.1 Å². The number of aromatic nitrogens is 3. The van der Waals surface area contributed by atoms with Gasteiger partial charge in [0.25, 0.3) is 0 Å². The number of rotatable bonds is 3. The van der Waals surface area contributed by atoms with Crippen LogP contribution < -0.4 is 0 Å². The lowest BCUT2D eigenvalue weighted by Crippen LogP contribution is -2.43. The van der Waals surface area contributed by atoms with E-state index in [-0.39, 0.29) is 0 Å². The van der Waals surface area contributed by atoms with Crippen molar-refractivity contribution in [3.05, 3.63) is 36.5 Å². The van der Waals surface area contributed by atoms with Crippen LogP contribution >= 0.6 is 0 Å². The molecule has 0 aromatic carbocycles. The van der Waals surface area contributed by atoms with E-state index in [0.717, 1.165) is 17.7 Å². The topological polar surface area (TPSA) is 78.9 Å². The van der Waals surface area contributed by atoms with Gasteiger partial charge in [-0.3, -0.25) is 9.78 Å². The van der Waals surface area contributed by atoms with Gasteiger partial charge in [-0.15, -0.1) is 0 Å². The lowest BCUT2D eigenvalue weighted by Gasteiger charge is -2.35. The molecule has 0 amide bonds. The Bertz CT molecular complexity index is 573. The minimum absolute atomic E-state index is 0.556. The molecule has 0 aliphatic heterocycles. The van der Waals surface area contributed by atoms with Gasteiger partial charge in [0.05, 0.1) is 11.9 Å². The number of imidazole rings is 1. The Balaban J connectivity index is 1.97. The van der Waals surface area contributed by atoms with Crippen molar-refractivity contribution in [1.29, 1.82) is 0 Å². The third-order valence-electron chi connectivity index (χ3n) is 3.62. The quantitative estimate of drug-likeness (QED) is 0.863. The van der Waals surface area contributed by atoms with E-state index in [9.17, 15) is 9.90 Å². The van der Waals surface area contributed by atoms with E-state index >= 15 is 0 Å². The van der Waals surface area contributed by atoms with Crippen LogP contribution in [0.1, 0.15) is 25.1 Å². The molecule has 2 heterocycles. The average molecular weight is 243 g/mol. The number of carboxylic acid groups (broad SMARTS) is 1. The zero-order chi connectivity index (χ0) is 12.6. The van der Waals surface area contributed by atoms with Crippen molar-refractivity contribution in [3.63, 3.8) is 0 Å². The van der Waals surface area contributed by atoms with E-state index in [2.05, 4.69) is 15.0 Å². The Morgan fingerprint density at radius 2 is 2.22 bits per heavy atom. The molecular formula is C13H13N3O2. The monoisotopic (exact) mass is 243 g/mol. The van der Waals surface area contributed by atoms with Gasteiger partial charge in [-0.1, -0.05) is 6.42 Å². The summed E-state index contributed by atoms with van der Waals surface area (Å²) in [6.07, 6.45) is 7.35. The Labute approximate surface area is 104 Å². The van der Waals surface area contributed by atoms with Crippen LogP contribution in [0, 0.1) is 0 Å². The molecule has 1 fully saturated rings. The summed E-state index contributed by atoms with van der Waals surface area (Å²) in [7, 11) is 0. The summed E-state index contributed by atoms with van der Waals surface area (Å²) >= 11 is 0. The van der Waals surface area contributed by atoms with Crippen molar-refractivity contribution in [2.75, 3.05) is 0 Å². The summed E-state index contributed by atoms with van der Waals surface area (Å²) in [5.41, 5.74) is 0.919. The number of H-pyrrole nitrogens is 1. The second-order valence-corrected chi connectivity index (χ2v) is 4.63. The molecule has 2 N–H and O–H groups in total. The maximum Gasteiger partial charge on any atom is 0.317 e. The maximum absolute atomic E-state index is 11.4. The highest BCUT2D eigenvalue weighted by atomic mass is 16.4. The summed E-state index contributed by atoms with van der Waals surface area (Å²) < 4.78 is 0. The van der Waals surface area contributed by atoms with Crippen molar-refractivity contribution in [2.24, 2.45) is 0 Å². The van der Waals surface area contributed by atoms with E-state index in [4.69, 9.17) is 0 Å². The Kier molecular flexibility index (Phi) is 2.40. The molecule has 1 aliphatic rings. The molecule has 92 valence electrons. The summed E-state index contributed by atoms with van der Waals surface area (Å²) in [5.74, 6) is -0.235. The molecule has 0 unspecified atom stereocenters. The first-order valence-corrected chi connectivity index (χ1v) is 5.92. The number of pyridine rings is 1. The summed E-state index contributed by atoms with van der Waals surface area (Å²) in [4.78, 5) is 22.8. The standard InChI is InChI=1S/C13H13N3O2/c17-12(18)13(4-2-5-13)11-15-8-10(16-11)9-3-1-6-14-7-9/h1,3,6-8H,2,4-5H2,(H,15,16)(H,17,18).